The van der Waals surface area contributed by atoms with Crippen LogP contribution in [0, 0.1) is 6.92 Å². The molecule has 2 unspecified atom stereocenters. The molecule has 1 saturated heterocycles. The Morgan fingerprint density at radius 3 is 2.93 bits per heavy atom. The third-order valence-corrected chi connectivity index (χ3v) is 5.47. The lowest BCUT2D eigenvalue weighted by Gasteiger charge is -2.18. The number of aliphatic imine (C=N–C) groups is 1. The number of ether oxygens (including phenoxy) is 1. The molecule has 1 aliphatic rings. The van der Waals surface area contributed by atoms with Crippen molar-refractivity contribution < 1.29 is 4.74 Å². The molecule has 0 saturated carbocycles. The molecule has 2 atom stereocenters. The Morgan fingerprint density at radius 2 is 2.30 bits per heavy atom. The van der Waals surface area contributed by atoms with Crippen LogP contribution in [-0.4, -0.2) is 46.5 Å². The second kappa shape index (κ2) is 11.0. The van der Waals surface area contributed by atoms with Gasteiger partial charge in [0.05, 0.1) is 6.10 Å². The zero-order valence-electron chi connectivity index (χ0n) is 16.1. The van der Waals surface area contributed by atoms with E-state index in [2.05, 4.69) is 44.6 Å². The van der Waals surface area contributed by atoms with Gasteiger partial charge in [-0.15, -0.1) is 34.2 Å². The van der Waals surface area contributed by atoms with E-state index in [9.17, 15) is 0 Å². The summed E-state index contributed by atoms with van der Waals surface area (Å²) in [6.45, 7) is 7.11. The summed E-state index contributed by atoms with van der Waals surface area (Å²) in [6, 6.07) is 2.18. The van der Waals surface area contributed by atoms with Crippen molar-refractivity contribution in [2.24, 2.45) is 12.0 Å². The van der Waals surface area contributed by atoms with Gasteiger partial charge < -0.3 is 19.9 Å². The highest BCUT2D eigenvalue weighted by atomic mass is 127. The molecule has 2 aromatic rings. The topological polar surface area (TPSA) is 76.4 Å². The van der Waals surface area contributed by atoms with Crippen LogP contribution in [0.1, 0.15) is 42.9 Å². The molecule has 2 aromatic heterocycles. The maximum Gasteiger partial charge on any atom is 0.191 e. The first-order valence-corrected chi connectivity index (χ1v) is 10.1. The molecule has 2 N–H and O–H groups in total. The molecule has 0 aliphatic carbocycles. The maximum atomic E-state index is 5.70. The van der Waals surface area contributed by atoms with Crippen molar-refractivity contribution in [2.45, 2.75) is 45.3 Å². The molecule has 9 heteroatoms. The Morgan fingerprint density at radius 1 is 1.44 bits per heavy atom. The molecule has 150 valence electrons. The normalized spacial score (nSPS) is 18.2. The van der Waals surface area contributed by atoms with Crippen LogP contribution in [-0.2, 0) is 18.3 Å². The summed E-state index contributed by atoms with van der Waals surface area (Å²) >= 11 is 1.73. The third-order valence-electron chi connectivity index (χ3n) is 4.77. The van der Waals surface area contributed by atoms with E-state index in [-0.39, 0.29) is 30.1 Å². The molecular weight excluding hydrogens is 475 g/mol. The summed E-state index contributed by atoms with van der Waals surface area (Å²) in [5, 5.41) is 19.5. The van der Waals surface area contributed by atoms with Crippen LogP contribution in [0.25, 0.3) is 0 Å². The second-order valence-corrected chi connectivity index (χ2v) is 7.52. The van der Waals surface area contributed by atoms with Crippen LogP contribution in [0.2, 0.25) is 0 Å². The highest BCUT2D eigenvalue weighted by Gasteiger charge is 2.16. The first-order valence-electron chi connectivity index (χ1n) is 9.14. The van der Waals surface area contributed by atoms with Crippen molar-refractivity contribution >= 4 is 41.3 Å². The van der Waals surface area contributed by atoms with E-state index in [1.807, 2.05) is 18.5 Å². The van der Waals surface area contributed by atoms with Gasteiger partial charge in [0, 0.05) is 26.7 Å². The molecule has 1 aliphatic heterocycles. The molecule has 0 bridgehead atoms. The van der Waals surface area contributed by atoms with Gasteiger partial charge in [0.1, 0.15) is 12.4 Å². The SMILES string of the molecule is Cc1nnc(CN=C(NCC2CCCO2)NCC(C)c2ccsc2)n1C.I. The lowest BCUT2D eigenvalue weighted by atomic mass is 10.1. The zero-order valence-corrected chi connectivity index (χ0v) is 19.3. The van der Waals surface area contributed by atoms with E-state index in [1.165, 1.54) is 5.56 Å². The van der Waals surface area contributed by atoms with Crippen LogP contribution in [0.4, 0.5) is 0 Å². The summed E-state index contributed by atoms with van der Waals surface area (Å²) in [5.41, 5.74) is 1.35. The number of nitrogens with zero attached hydrogens (tertiary/aromatic N) is 4. The summed E-state index contributed by atoms with van der Waals surface area (Å²) in [6.07, 6.45) is 2.52. The van der Waals surface area contributed by atoms with Gasteiger partial charge in [-0.1, -0.05) is 6.92 Å². The number of guanidine groups is 1. The number of thiophene rings is 1. The Bertz CT molecular complexity index is 712. The fraction of sp³-hybridized carbons (Fsp3) is 0.611. The average Bonchev–Trinajstić information content (AvgIpc) is 3.39. The van der Waals surface area contributed by atoms with E-state index in [4.69, 9.17) is 9.73 Å². The molecule has 7 nitrogen and oxygen atoms in total. The molecule has 0 aromatic carbocycles. The summed E-state index contributed by atoms with van der Waals surface area (Å²) in [5.74, 6) is 2.96. The van der Waals surface area contributed by atoms with Crippen molar-refractivity contribution in [3.63, 3.8) is 0 Å². The van der Waals surface area contributed by atoms with Gasteiger partial charge in [-0.2, -0.15) is 11.3 Å². The molecule has 27 heavy (non-hydrogen) atoms. The van der Waals surface area contributed by atoms with Crippen molar-refractivity contribution in [3.05, 3.63) is 34.0 Å². The quantitative estimate of drug-likeness (QED) is 0.345. The molecule has 0 spiro atoms. The summed E-state index contributed by atoms with van der Waals surface area (Å²) < 4.78 is 7.67. The van der Waals surface area contributed by atoms with E-state index >= 15 is 0 Å². The molecule has 1 fully saturated rings. The lowest BCUT2D eigenvalue weighted by Crippen LogP contribution is -2.42. The predicted molar refractivity (Wildman–Crippen MR) is 120 cm³/mol. The van der Waals surface area contributed by atoms with Gasteiger partial charge in [-0.25, -0.2) is 4.99 Å². The van der Waals surface area contributed by atoms with Gasteiger partial charge in [0.15, 0.2) is 11.8 Å². The van der Waals surface area contributed by atoms with E-state index in [0.29, 0.717) is 12.5 Å². The smallest absolute Gasteiger partial charge is 0.191 e. The van der Waals surface area contributed by atoms with E-state index < -0.39 is 0 Å². The average molecular weight is 504 g/mol. The Hall–Kier alpha value is -1.20. The lowest BCUT2D eigenvalue weighted by molar-refractivity contribution is 0.114. The Balaban J connectivity index is 0.00000261. The number of hydrogen-bond donors (Lipinski definition) is 2. The predicted octanol–water partition coefficient (Wildman–Crippen LogP) is 2.82. The van der Waals surface area contributed by atoms with Gasteiger partial charge in [0.25, 0.3) is 0 Å². The van der Waals surface area contributed by atoms with Gasteiger partial charge in [0.2, 0.25) is 0 Å². The molecule has 0 radical (unpaired) electrons. The van der Waals surface area contributed by atoms with Crippen molar-refractivity contribution in [3.8, 4) is 0 Å². The summed E-state index contributed by atoms with van der Waals surface area (Å²) in [7, 11) is 1.96. The maximum absolute atomic E-state index is 5.70. The first kappa shape index (κ1) is 22.1. The minimum absolute atomic E-state index is 0. The molecule has 0 amide bonds. The highest BCUT2D eigenvalue weighted by Crippen LogP contribution is 2.17. The highest BCUT2D eigenvalue weighted by molar-refractivity contribution is 14.0. The van der Waals surface area contributed by atoms with Gasteiger partial charge in [-0.3, -0.25) is 0 Å². The van der Waals surface area contributed by atoms with Crippen LogP contribution in [0.15, 0.2) is 21.8 Å². The van der Waals surface area contributed by atoms with Gasteiger partial charge >= 0.3 is 0 Å². The van der Waals surface area contributed by atoms with E-state index in [0.717, 1.165) is 50.1 Å². The van der Waals surface area contributed by atoms with Crippen molar-refractivity contribution in [1.82, 2.24) is 25.4 Å². The van der Waals surface area contributed by atoms with Gasteiger partial charge in [-0.05, 0) is 48.1 Å². The summed E-state index contributed by atoms with van der Waals surface area (Å²) in [4.78, 5) is 4.70. The molecular formula is C18H29IN6OS. The third kappa shape index (κ3) is 6.42. The molecule has 3 heterocycles. The fourth-order valence-corrected chi connectivity index (χ4v) is 3.63. The number of halogens is 1. The van der Waals surface area contributed by atoms with Crippen molar-refractivity contribution in [2.75, 3.05) is 19.7 Å². The van der Waals surface area contributed by atoms with E-state index in [1.54, 1.807) is 11.3 Å². The number of aromatic nitrogens is 3. The monoisotopic (exact) mass is 504 g/mol. The number of hydrogen-bond acceptors (Lipinski definition) is 5. The van der Waals surface area contributed by atoms with Crippen LogP contribution >= 0.6 is 35.3 Å². The fourth-order valence-electron chi connectivity index (χ4n) is 2.85. The number of aryl methyl sites for hydroxylation is 1. The minimum atomic E-state index is 0. The standard InChI is InChI=1S/C18H28N6OS.HI/c1-13(15-6-8-26-12-15)9-19-18(20-10-16-5-4-7-25-16)21-11-17-23-22-14(2)24(17)3;/h6,8,12-13,16H,4-5,7,9-11H2,1-3H3,(H2,19,20,21);1H. The molecule has 3 rings (SSSR count). The number of nitrogens with one attached hydrogen (secondary N) is 2. The van der Waals surface area contributed by atoms with Crippen molar-refractivity contribution in [1.29, 1.82) is 0 Å². The minimum Gasteiger partial charge on any atom is -0.376 e. The van der Waals surface area contributed by atoms with Crippen LogP contribution in [0.3, 0.4) is 0 Å². The van der Waals surface area contributed by atoms with Crippen LogP contribution in [0.5, 0.6) is 0 Å². The largest absolute Gasteiger partial charge is 0.376 e. The second-order valence-electron chi connectivity index (χ2n) is 6.74. The number of rotatable bonds is 7. The first-order chi connectivity index (χ1) is 12.6. The zero-order chi connectivity index (χ0) is 18.4. The Labute approximate surface area is 182 Å². The van der Waals surface area contributed by atoms with Crippen LogP contribution < -0.4 is 10.6 Å². The Kier molecular flexibility index (Phi) is 8.97.